The Hall–Kier alpha value is -1.71. The van der Waals surface area contributed by atoms with Crippen molar-refractivity contribution < 1.29 is 4.79 Å². The molecular weight excluding hydrogens is 283 g/mol. The number of hydrogen-bond donors (Lipinski definition) is 2. The highest BCUT2D eigenvalue weighted by Gasteiger charge is 2.07. The van der Waals surface area contributed by atoms with Crippen LogP contribution in [-0.2, 0) is 6.54 Å². The summed E-state index contributed by atoms with van der Waals surface area (Å²) < 4.78 is 0. The molecule has 2 aromatic rings. The van der Waals surface area contributed by atoms with E-state index < -0.39 is 0 Å². The number of hydrogen-bond acceptors (Lipinski definition) is 2. The zero-order valence-electron chi connectivity index (χ0n) is 9.99. The fraction of sp³-hybridized carbons (Fsp3) is 0.0714. The van der Waals surface area contributed by atoms with Gasteiger partial charge in [0.05, 0.1) is 0 Å². The number of rotatable bonds is 3. The van der Waals surface area contributed by atoms with Crippen molar-refractivity contribution in [1.29, 1.82) is 0 Å². The molecule has 0 aliphatic heterocycles. The normalized spacial score (nSPS) is 10.2. The number of nitrogen functional groups attached to an aromatic ring is 1. The molecule has 1 amide bonds. The Balaban J connectivity index is 2.05. The molecule has 5 heteroatoms. The van der Waals surface area contributed by atoms with Crippen molar-refractivity contribution in [3.8, 4) is 0 Å². The third-order valence-corrected chi connectivity index (χ3v) is 2.97. The summed E-state index contributed by atoms with van der Waals surface area (Å²) in [6, 6.07) is 12.1. The second-order valence-electron chi connectivity index (χ2n) is 4.09. The number of amides is 1. The van der Waals surface area contributed by atoms with Gasteiger partial charge >= 0.3 is 0 Å². The lowest BCUT2D eigenvalue weighted by Gasteiger charge is -2.07. The molecule has 0 aliphatic carbocycles. The third kappa shape index (κ3) is 3.88. The molecule has 2 aromatic carbocycles. The first-order valence-electron chi connectivity index (χ1n) is 5.63. The maximum Gasteiger partial charge on any atom is 0.251 e. The van der Waals surface area contributed by atoms with Crippen LogP contribution in [0.2, 0.25) is 10.0 Å². The number of halogens is 2. The first-order valence-corrected chi connectivity index (χ1v) is 6.39. The van der Waals surface area contributed by atoms with E-state index >= 15 is 0 Å². The Labute approximate surface area is 121 Å². The summed E-state index contributed by atoms with van der Waals surface area (Å²) in [4.78, 5) is 11.9. The molecule has 0 spiro atoms. The highest BCUT2D eigenvalue weighted by molar-refractivity contribution is 6.35. The second kappa shape index (κ2) is 5.95. The Morgan fingerprint density at radius 3 is 2.42 bits per heavy atom. The minimum absolute atomic E-state index is 0.230. The minimum atomic E-state index is -0.230. The molecule has 0 saturated heterocycles. The summed E-state index contributed by atoms with van der Waals surface area (Å²) in [5.41, 5.74) is 7.70. The van der Waals surface area contributed by atoms with E-state index in [0.29, 0.717) is 27.8 Å². The van der Waals surface area contributed by atoms with Crippen molar-refractivity contribution in [3.63, 3.8) is 0 Å². The van der Waals surface area contributed by atoms with Crippen molar-refractivity contribution in [2.75, 3.05) is 5.73 Å². The van der Waals surface area contributed by atoms with Gasteiger partial charge in [0.2, 0.25) is 0 Å². The van der Waals surface area contributed by atoms with Crippen LogP contribution in [0.1, 0.15) is 15.9 Å². The molecule has 0 aromatic heterocycles. The molecule has 0 bridgehead atoms. The van der Waals surface area contributed by atoms with E-state index in [-0.39, 0.29) is 5.91 Å². The average molecular weight is 295 g/mol. The molecule has 0 aliphatic rings. The van der Waals surface area contributed by atoms with Crippen LogP contribution in [0.3, 0.4) is 0 Å². The van der Waals surface area contributed by atoms with Gasteiger partial charge in [-0.2, -0.15) is 0 Å². The molecule has 2 rings (SSSR count). The van der Waals surface area contributed by atoms with E-state index in [4.69, 9.17) is 28.9 Å². The summed E-state index contributed by atoms with van der Waals surface area (Å²) in [7, 11) is 0. The third-order valence-electron chi connectivity index (χ3n) is 2.53. The Kier molecular flexibility index (Phi) is 4.30. The van der Waals surface area contributed by atoms with Crippen LogP contribution >= 0.6 is 23.2 Å². The van der Waals surface area contributed by atoms with E-state index in [1.54, 1.807) is 24.3 Å². The lowest BCUT2D eigenvalue weighted by molar-refractivity contribution is 0.0951. The molecule has 0 radical (unpaired) electrons. The fourth-order valence-electron chi connectivity index (χ4n) is 1.67. The smallest absolute Gasteiger partial charge is 0.251 e. The highest BCUT2D eigenvalue weighted by Crippen LogP contribution is 2.19. The van der Waals surface area contributed by atoms with Crippen molar-refractivity contribution in [2.24, 2.45) is 0 Å². The Bertz CT molecular complexity index is 594. The number of benzene rings is 2. The maximum absolute atomic E-state index is 11.9. The van der Waals surface area contributed by atoms with Crippen molar-refractivity contribution in [1.82, 2.24) is 5.32 Å². The van der Waals surface area contributed by atoms with Gasteiger partial charge in [-0.05, 0) is 35.9 Å². The van der Waals surface area contributed by atoms with Crippen molar-refractivity contribution in [2.45, 2.75) is 6.54 Å². The van der Waals surface area contributed by atoms with Gasteiger partial charge in [0.15, 0.2) is 0 Å². The van der Waals surface area contributed by atoms with Crippen molar-refractivity contribution in [3.05, 3.63) is 63.6 Å². The quantitative estimate of drug-likeness (QED) is 0.851. The predicted molar refractivity (Wildman–Crippen MR) is 78.5 cm³/mol. The summed E-state index contributed by atoms with van der Waals surface area (Å²) >= 11 is 11.7. The molecule has 0 atom stereocenters. The van der Waals surface area contributed by atoms with Crippen molar-refractivity contribution >= 4 is 34.8 Å². The first-order chi connectivity index (χ1) is 9.04. The lowest BCUT2D eigenvalue weighted by atomic mass is 10.2. The fourth-order valence-corrected chi connectivity index (χ4v) is 2.20. The van der Waals surface area contributed by atoms with Gasteiger partial charge in [0, 0.05) is 27.8 Å². The molecule has 19 heavy (non-hydrogen) atoms. The maximum atomic E-state index is 11.9. The summed E-state index contributed by atoms with van der Waals surface area (Å²) in [5, 5.41) is 3.65. The van der Waals surface area contributed by atoms with Gasteiger partial charge in [-0.25, -0.2) is 0 Å². The van der Waals surface area contributed by atoms with Crippen LogP contribution in [0.4, 0.5) is 5.69 Å². The van der Waals surface area contributed by atoms with Gasteiger partial charge in [-0.3, -0.25) is 4.79 Å². The molecule has 0 unspecified atom stereocenters. The molecule has 3 N–H and O–H groups in total. The van der Waals surface area contributed by atoms with E-state index in [1.807, 2.05) is 18.2 Å². The molecule has 98 valence electrons. The molecule has 0 fully saturated rings. The number of nitrogens with two attached hydrogens (primary N) is 1. The van der Waals surface area contributed by atoms with Crippen LogP contribution in [0, 0.1) is 0 Å². The van der Waals surface area contributed by atoms with Gasteiger partial charge in [0.1, 0.15) is 0 Å². The Morgan fingerprint density at radius 2 is 1.79 bits per heavy atom. The predicted octanol–water partition coefficient (Wildman–Crippen LogP) is 3.51. The zero-order chi connectivity index (χ0) is 13.8. The SMILES string of the molecule is Nc1cccc(CNC(=O)c2cc(Cl)cc(Cl)c2)c1. The zero-order valence-corrected chi connectivity index (χ0v) is 11.5. The van der Waals surface area contributed by atoms with Crippen LogP contribution in [0.15, 0.2) is 42.5 Å². The van der Waals surface area contributed by atoms with Crippen LogP contribution in [0.25, 0.3) is 0 Å². The average Bonchev–Trinajstić information content (AvgIpc) is 2.35. The largest absolute Gasteiger partial charge is 0.399 e. The number of carbonyl (C=O) groups is 1. The van der Waals surface area contributed by atoms with Crippen LogP contribution < -0.4 is 11.1 Å². The van der Waals surface area contributed by atoms with E-state index in [1.165, 1.54) is 0 Å². The Morgan fingerprint density at radius 1 is 1.11 bits per heavy atom. The second-order valence-corrected chi connectivity index (χ2v) is 4.96. The van der Waals surface area contributed by atoms with E-state index in [2.05, 4.69) is 5.32 Å². The molecular formula is C14H12Cl2N2O. The van der Waals surface area contributed by atoms with E-state index in [9.17, 15) is 4.79 Å². The minimum Gasteiger partial charge on any atom is -0.399 e. The first kappa shape index (κ1) is 13.7. The molecule has 0 heterocycles. The topological polar surface area (TPSA) is 55.1 Å². The standard InChI is InChI=1S/C14H12Cl2N2O/c15-11-5-10(6-12(16)7-11)14(19)18-8-9-2-1-3-13(17)4-9/h1-7H,8,17H2,(H,18,19). The molecule has 3 nitrogen and oxygen atoms in total. The van der Waals surface area contributed by atoms with Gasteiger partial charge in [-0.15, -0.1) is 0 Å². The number of carbonyl (C=O) groups excluding carboxylic acids is 1. The summed E-state index contributed by atoms with van der Waals surface area (Å²) in [6.45, 7) is 0.397. The molecule has 0 saturated carbocycles. The highest BCUT2D eigenvalue weighted by atomic mass is 35.5. The van der Waals surface area contributed by atoms with Gasteiger partial charge in [0.25, 0.3) is 5.91 Å². The van der Waals surface area contributed by atoms with Crippen LogP contribution in [0.5, 0.6) is 0 Å². The summed E-state index contributed by atoms with van der Waals surface area (Å²) in [5.74, 6) is -0.230. The monoisotopic (exact) mass is 294 g/mol. The van der Waals surface area contributed by atoms with Gasteiger partial charge in [-0.1, -0.05) is 35.3 Å². The number of nitrogens with one attached hydrogen (secondary N) is 1. The van der Waals surface area contributed by atoms with Crippen LogP contribution in [-0.4, -0.2) is 5.91 Å². The van der Waals surface area contributed by atoms with Gasteiger partial charge < -0.3 is 11.1 Å². The number of anilines is 1. The lowest BCUT2D eigenvalue weighted by Crippen LogP contribution is -2.22. The summed E-state index contributed by atoms with van der Waals surface area (Å²) in [6.07, 6.45) is 0. The van der Waals surface area contributed by atoms with E-state index in [0.717, 1.165) is 5.56 Å².